The molecule has 3 amide bonds. The van der Waals surface area contributed by atoms with Gasteiger partial charge in [0.15, 0.2) is 0 Å². The Hall–Kier alpha value is -2.86. The van der Waals surface area contributed by atoms with Crippen LogP contribution in [0.5, 0.6) is 0 Å². The van der Waals surface area contributed by atoms with E-state index in [4.69, 9.17) is 11.6 Å². The molecule has 6 nitrogen and oxygen atoms in total. The van der Waals surface area contributed by atoms with Crippen molar-refractivity contribution >= 4 is 35.5 Å². The van der Waals surface area contributed by atoms with Gasteiger partial charge in [-0.15, -0.1) is 0 Å². The summed E-state index contributed by atoms with van der Waals surface area (Å²) in [5.74, 6) is -0.440. The molecule has 0 radical (unpaired) electrons. The second-order valence-corrected chi connectivity index (χ2v) is 6.41. The number of hydrogen-bond acceptors (Lipinski definition) is 3. The van der Waals surface area contributed by atoms with Crippen molar-refractivity contribution in [1.29, 1.82) is 0 Å². The van der Waals surface area contributed by atoms with Crippen molar-refractivity contribution in [3.8, 4) is 0 Å². The van der Waals surface area contributed by atoms with Crippen LogP contribution in [0, 0.1) is 0 Å². The predicted molar refractivity (Wildman–Crippen MR) is 99.4 cm³/mol. The maximum Gasteiger partial charge on any atom is 0.255 e. The molecule has 1 saturated heterocycles. The molecule has 1 fully saturated rings. The molecule has 1 aliphatic heterocycles. The molecule has 2 aromatic carbocycles. The van der Waals surface area contributed by atoms with E-state index >= 15 is 0 Å². The van der Waals surface area contributed by atoms with Crippen molar-refractivity contribution in [3.63, 3.8) is 0 Å². The van der Waals surface area contributed by atoms with E-state index in [0.717, 1.165) is 6.41 Å². The highest BCUT2D eigenvalue weighted by Gasteiger charge is 2.22. The number of piperazine rings is 1. The second-order valence-electron chi connectivity index (χ2n) is 5.98. The van der Waals surface area contributed by atoms with E-state index in [1.807, 2.05) is 0 Å². The number of carbonyl (C=O) groups excluding carboxylic acids is 3. The summed E-state index contributed by atoms with van der Waals surface area (Å²) in [6.45, 7) is 2.01. The van der Waals surface area contributed by atoms with Crippen molar-refractivity contribution < 1.29 is 14.4 Å². The molecule has 1 N–H and O–H groups in total. The summed E-state index contributed by atoms with van der Waals surface area (Å²) in [5.41, 5.74) is 1.48. The number of nitrogens with zero attached hydrogens (tertiary/aromatic N) is 2. The minimum absolute atomic E-state index is 0.142. The molecule has 134 valence electrons. The number of carbonyl (C=O) groups is 3. The smallest absolute Gasteiger partial charge is 0.255 e. The van der Waals surface area contributed by atoms with Crippen LogP contribution in [0.2, 0.25) is 5.02 Å². The van der Waals surface area contributed by atoms with E-state index in [9.17, 15) is 14.4 Å². The maximum atomic E-state index is 12.6. The van der Waals surface area contributed by atoms with E-state index in [1.165, 1.54) is 0 Å². The van der Waals surface area contributed by atoms with Gasteiger partial charge in [-0.05, 0) is 42.5 Å². The summed E-state index contributed by atoms with van der Waals surface area (Å²) in [4.78, 5) is 39.2. The molecule has 0 atom stereocenters. The number of rotatable bonds is 4. The van der Waals surface area contributed by atoms with Gasteiger partial charge in [0.05, 0.1) is 0 Å². The Labute approximate surface area is 156 Å². The quantitative estimate of drug-likeness (QED) is 0.839. The molecule has 1 aliphatic rings. The molecule has 26 heavy (non-hydrogen) atoms. The van der Waals surface area contributed by atoms with Crippen LogP contribution in [-0.4, -0.2) is 54.2 Å². The van der Waals surface area contributed by atoms with E-state index in [-0.39, 0.29) is 11.8 Å². The van der Waals surface area contributed by atoms with E-state index in [0.29, 0.717) is 48.0 Å². The minimum Gasteiger partial charge on any atom is -0.342 e. The Morgan fingerprint density at radius 2 is 1.62 bits per heavy atom. The van der Waals surface area contributed by atoms with Crippen LogP contribution < -0.4 is 5.32 Å². The van der Waals surface area contributed by atoms with Crippen LogP contribution in [-0.2, 0) is 4.79 Å². The summed E-state index contributed by atoms with van der Waals surface area (Å²) in [5, 5.41) is 3.36. The molecule has 0 bridgehead atoms. The Kier molecular flexibility index (Phi) is 5.53. The topological polar surface area (TPSA) is 69.7 Å². The number of halogens is 1. The Bertz CT molecular complexity index is 815. The molecule has 0 aromatic heterocycles. The fraction of sp³-hybridized carbons (Fsp3) is 0.211. The molecule has 0 spiro atoms. The molecular weight excluding hydrogens is 354 g/mol. The highest BCUT2D eigenvalue weighted by Crippen LogP contribution is 2.16. The van der Waals surface area contributed by atoms with Gasteiger partial charge in [0.25, 0.3) is 11.8 Å². The van der Waals surface area contributed by atoms with Crippen molar-refractivity contribution in [3.05, 3.63) is 64.7 Å². The molecule has 1 heterocycles. The highest BCUT2D eigenvalue weighted by molar-refractivity contribution is 6.30. The lowest BCUT2D eigenvalue weighted by Gasteiger charge is -2.32. The fourth-order valence-electron chi connectivity index (χ4n) is 2.74. The lowest BCUT2D eigenvalue weighted by atomic mass is 10.1. The molecule has 2 aromatic rings. The van der Waals surface area contributed by atoms with Crippen LogP contribution in [0.25, 0.3) is 0 Å². The van der Waals surface area contributed by atoms with Crippen LogP contribution in [0.15, 0.2) is 48.5 Å². The maximum absolute atomic E-state index is 12.6. The van der Waals surface area contributed by atoms with Crippen molar-refractivity contribution in [2.75, 3.05) is 31.5 Å². The number of amides is 3. The van der Waals surface area contributed by atoms with E-state index in [1.54, 1.807) is 58.3 Å². The number of anilines is 1. The SMILES string of the molecule is O=CN1CCN(C(=O)c2cccc(C(=O)Nc3ccc(Cl)cc3)c2)CC1. The zero-order valence-electron chi connectivity index (χ0n) is 14.0. The van der Waals surface area contributed by atoms with Gasteiger partial charge in [-0.3, -0.25) is 14.4 Å². The number of hydrogen-bond donors (Lipinski definition) is 1. The van der Waals surface area contributed by atoms with Gasteiger partial charge in [0.2, 0.25) is 6.41 Å². The monoisotopic (exact) mass is 371 g/mol. The highest BCUT2D eigenvalue weighted by atomic mass is 35.5. The molecule has 0 unspecified atom stereocenters. The van der Waals surface area contributed by atoms with E-state index < -0.39 is 0 Å². The van der Waals surface area contributed by atoms with Crippen LogP contribution in [0.4, 0.5) is 5.69 Å². The Balaban J connectivity index is 1.69. The first-order valence-corrected chi connectivity index (χ1v) is 8.60. The van der Waals surface area contributed by atoms with Gasteiger partial charge in [-0.2, -0.15) is 0 Å². The molecule has 0 aliphatic carbocycles. The van der Waals surface area contributed by atoms with Gasteiger partial charge < -0.3 is 15.1 Å². The van der Waals surface area contributed by atoms with Gasteiger partial charge in [-0.25, -0.2) is 0 Å². The third kappa shape index (κ3) is 4.21. The first-order valence-electron chi connectivity index (χ1n) is 8.22. The van der Waals surface area contributed by atoms with Gasteiger partial charge >= 0.3 is 0 Å². The van der Waals surface area contributed by atoms with Crippen LogP contribution >= 0.6 is 11.6 Å². The van der Waals surface area contributed by atoms with Crippen LogP contribution in [0.1, 0.15) is 20.7 Å². The minimum atomic E-state index is -0.298. The standard InChI is InChI=1S/C19H18ClN3O3/c20-16-4-6-17(7-5-16)21-18(25)14-2-1-3-15(12-14)19(26)23-10-8-22(13-24)9-11-23/h1-7,12-13H,8-11H2,(H,21,25). The zero-order valence-corrected chi connectivity index (χ0v) is 14.8. The Morgan fingerprint density at radius 1 is 0.962 bits per heavy atom. The van der Waals surface area contributed by atoms with Crippen molar-refractivity contribution in [2.24, 2.45) is 0 Å². The number of benzene rings is 2. The molecule has 3 rings (SSSR count). The second kappa shape index (κ2) is 8.01. The number of nitrogens with one attached hydrogen (secondary N) is 1. The largest absolute Gasteiger partial charge is 0.342 e. The predicted octanol–water partition coefficient (Wildman–Crippen LogP) is 2.51. The summed E-state index contributed by atoms with van der Waals surface area (Å²) in [6, 6.07) is 13.4. The van der Waals surface area contributed by atoms with Crippen molar-refractivity contribution in [2.45, 2.75) is 0 Å². The third-order valence-corrected chi connectivity index (χ3v) is 4.48. The average Bonchev–Trinajstić information content (AvgIpc) is 2.69. The van der Waals surface area contributed by atoms with E-state index in [2.05, 4.69) is 5.32 Å². The van der Waals surface area contributed by atoms with Gasteiger partial charge in [0, 0.05) is 48.0 Å². The fourth-order valence-corrected chi connectivity index (χ4v) is 2.87. The molecule has 0 saturated carbocycles. The average molecular weight is 372 g/mol. The summed E-state index contributed by atoms with van der Waals surface area (Å²) < 4.78 is 0. The van der Waals surface area contributed by atoms with Crippen LogP contribution in [0.3, 0.4) is 0 Å². The first kappa shape index (κ1) is 17.9. The Morgan fingerprint density at radius 3 is 2.27 bits per heavy atom. The molecular formula is C19H18ClN3O3. The summed E-state index contributed by atoms with van der Waals surface area (Å²) in [7, 11) is 0. The third-order valence-electron chi connectivity index (χ3n) is 4.22. The van der Waals surface area contributed by atoms with Gasteiger partial charge in [-0.1, -0.05) is 17.7 Å². The zero-order chi connectivity index (χ0) is 18.5. The summed E-state index contributed by atoms with van der Waals surface area (Å²) in [6.07, 6.45) is 0.795. The first-order chi connectivity index (χ1) is 12.6. The van der Waals surface area contributed by atoms with Gasteiger partial charge in [0.1, 0.15) is 0 Å². The normalized spacial score (nSPS) is 14.0. The molecule has 7 heteroatoms. The lowest BCUT2D eigenvalue weighted by Crippen LogP contribution is -2.48. The van der Waals surface area contributed by atoms with Crippen molar-refractivity contribution in [1.82, 2.24) is 9.80 Å². The summed E-state index contributed by atoms with van der Waals surface area (Å²) >= 11 is 5.84. The lowest BCUT2D eigenvalue weighted by molar-refractivity contribution is -0.119.